The van der Waals surface area contributed by atoms with Gasteiger partial charge in [-0.3, -0.25) is 14.4 Å². The molecule has 3 atom stereocenters. The fourth-order valence-electron chi connectivity index (χ4n) is 5.57. The molecule has 1 heterocycles. The number of carbonyl (C=O) groups is 4. The van der Waals surface area contributed by atoms with Crippen LogP contribution in [-0.4, -0.2) is 67.4 Å². The van der Waals surface area contributed by atoms with Crippen molar-refractivity contribution in [3.63, 3.8) is 0 Å². The van der Waals surface area contributed by atoms with E-state index in [2.05, 4.69) is 17.2 Å². The largest absolute Gasteiger partial charge is 0.377 e. The van der Waals surface area contributed by atoms with Crippen LogP contribution in [0.2, 0.25) is 0 Å². The summed E-state index contributed by atoms with van der Waals surface area (Å²) in [6.07, 6.45) is 6.42. The molecule has 0 radical (unpaired) electrons. The van der Waals surface area contributed by atoms with E-state index in [0.717, 1.165) is 37.4 Å². The number of ketones is 2. The van der Waals surface area contributed by atoms with Gasteiger partial charge in [0.15, 0.2) is 10.9 Å². The molecule has 0 aromatic heterocycles. The molecule has 1 saturated carbocycles. The van der Waals surface area contributed by atoms with Crippen molar-refractivity contribution in [2.24, 2.45) is 17.8 Å². The van der Waals surface area contributed by atoms with Gasteiger partial charge in [-0.15, -0.1) is 0 Å². The molecule has 8 nitrogen and oxygen atoms in total. The fraction of sp³-hybridized carbons (Fsp3) is 0.625. The number of carbonyl (C=O) groups excluding carboxylic acids is 4. The molecule has 0 unspecified atom stereocenters. The Labute approximate surface area is 252 Å². The molecule has 1 aromatic rings. The summed E-state index contributed by atoms with van der Waals surface area (Å²) in [7, 11) is 0. The number of rotatable bonds is 6. The Kier molecular flexibility index (Phi) is 14.7. The Balaban J connectivity index is 1.83. The number of hydrogen-bond acceptors (Lipinski definition) is 8. The molecular formula is C32H45FN2O6S. The number of Topliss-reactive ketones (excluding diaryl/α,β-unsaturated/α-hetero) is 2. The maximum atomic E-state index is 14.0. The Morgan fingerprint density at radius 3 is 2.57 bits per heavy atom. The zero-order valence-electron chi connectivity index (χ0n) is 24.7. The summed E-state index contributed by atoms with van der Waals surface area (Å²) < 4.78 is 25.2. The van der Waals surface area contributed by atoms with Crippen LogP contribution < -0.4 is 10.6 Å². The molecule has 10 heteroatoms. The molecule has 1 aromatic carbocycles. The number of amides is 1. The lowest BCUT2D eigenvalue weighted by Gasteiger charge is -2.28. The topological polar surface area (TPSA) is 111 Å². The van der Waals surface area contributed by atoms with E-state index in [9.17, 15) is 23.6 Å². The molecule has 3 rings (SSSR count). The van der Waals surface area contributed by atoms with E-state index in [1.807, 2.05) is 0 Å². The lowest BCUT2D eigenvalue weighted by Crippen LogP contribution is -2.40. The SMILES string of the molecule is C=C1COCCOCCNC(=O)[C@@H](CC(C)=O)CSC(=O)[C@H](Cc2cccc(F)c2)CC(=O)[C@H](CC2CCCCC2)N1. The van der Waals surface area contributed by atoms with E-state index < -0.39 is 23.7 Å². The number of benzene rings is 1. The first kappa shape index (κ1) is 33.9. The maximum absolute atomic E-state index is 14.0. The molecule has 0 bridgehead atoms. The van der Waals surface area contributed by atoms with Crippen molar-refractivity contribution in [2.45, 2.75) is 70.8 Å². The summed E-state index contributed by atoms with van der Waals surface area (Å²) in [6.45, 7) is 6.89. The Morgan fingerprint density at radius 2 is 1.83 bits per heavy atom. The molecule has 232 valence electrons. The van der Waals surface area contributed by atoms with Gasteiger partial charge in [0.2, 0.25) is 5.91 Å². The van der Waals surface area contributed by atoms with Gasteiger partial charge in [-0.05, 0) is 43.4 Å². The second-order valence-electron chi connectivity index (χ2n) is 11.4. The van der Waals surface area contributed by atoms with Crippen LogP contribution in [0.25, 0.3) is 0 Å². The highest BCUT2D eigenvalue weighted by molar-refractivity contribution is 8.13. The van der Waals surface area contributed by atoms with Gasteiger partial charge in [-0.1, -0.05) is 62.6 Å². The van der Waals surface area contributed by atoms with Crippen LogP contribution in [0.4, 0.5) is 4.39 Å². The lowest BCUT2D eigenvalue weighted by atomic mass is 9.82. The minimum Gasteiger partial charge on any atom is -0.377 e. The van der Waals surface area contributed by atoms with Crippen LogP contribution in [0.3, 0.4) is 0 Å². The smallest absolute Gasteiger partial charge is 0.224 e. The minimum atomic E-state index is -0.721. The van der Waals surface area contributed by atoms with E-state index in [-0.39, 0.29) is 67.4 Å². The number of thioether (sulfide) groups is 1. The van der Waals surface area contributed by atoms with Gasteiger partial charge in [-0.2, -0.15) is 0 Å². The molecule has 2 fully saturated rings. The first-order valence-corrected chi connectivity index (χ1v) is 16.0. The zero-order valence-corrected chi connectivity index (χ0v) is 25.5. The predicted octanol–water partition coefficient (Wildman–Crippen LogP) is 4.40. The van der Waals surface area contributed by atoms with Gasteiger partial charge in [0.1, 0.15) is 11.6 Å². The summed E-state index contributed by atoms with van der Waals surface area (Å²) >= 11 is 0.961. The zero-order chi connectivity index (χ0) is 30.3. The second-order valence-corrected chi connectivity index (χ2v) is 12.5. The van der Waals surface area contributed by atoms with Crippen molar-refractivity contribution in [3.05, 3.63) is 47.9 Å². The molecule has 2 N–H and O–H groups in total. The van der Waals surface area contributed by atoms with Gasteiger partial charge in [-0.25, -0.2) is 4.39 Å². The lowest BCUT2D eigenvalue weighted by molar-refractivity contribution is -0.128. The maximum Gasteiger partial charge on any atom is 0.224 e. The standard InChI is InChI=1S/C32H45FN2O6S/c1-22-20-41-14-13-40-12-11-34-31(38)27(15-23(2)36)21-42-32(39)26(16-25-9-6-10-28(33)17-25)19-30(37)29(35-22)18-24-7-4-3-5-8-24/h6,9-10,17,24,26-27,29,35H,1,3-5,7-8,11-16,18-21H2,2H3,(H,34,38)/t26-,27+,29+/m1/s1. The van der Waals surface area contributed by atoms with Crippen LogP contribution in [0.1, 0.15) is 63.9 Å². The van der Waals surface area contributed by atoms with Crippen molar-refractivity contribution >= 4 is 34.4 Å². The number of ether oxygens (including phenoxy) is 2. The van der Waals surface area contributed by atoms with Gasteiger partial charge in [0.05, 0.1) is 38.4 Å². The van der Waals surface area contributed by atoms with Crippen molar-refractivity contribution in [3.8, 4) is 0 Å². The molecular weight excluding hydrogens is 559 g/mol. The molecule has 2 aliphatic rings. The summed E-state index contributed by atoms with van der Waals surface area (Å²) in [4.78, 5) is 52.2. The van der Waals surface area contributed by atoms with Crippen LogP contribution in [0.15, 0.2) is 36.5 Å². The van der Waals surface area contributed by atoms with Gasteiger partial charge < -0.3 is 24.9 Å². The van der Waals surface area contributed by atoms with E-state index in [1.165, 1.54) is 25.5 Å². The van der Waals surface area contributed by atoms with E-state index in [1.54, 1.807) is 12.1 Å². The van der Waals surface area contributed by atoms with Crippen molar-refractivity contribution in [1.82, 2.24) is 10.6 Å². The third kappa shape index (κ3) is 12.4. The highest BCUT2D eigenvalue weighted by Gasteiger charge is 2.31. The normalized spacial score (nSPS) is 25.0. The monoisotopic (exact) mass is 604 g/mol. The quantitative estimate of drug-likeness (QED) is 0.492. The van der Waals surface area contributed by atoms with Crippen molar-refractivity contribution in [2.75, 3.05) is 38.7 Å². The third-order valence-corrected chi connectivity index (χ3v) is 8.93. The number of nitrogens with one attached hydrogen (secondary N) is 2. The van der Waals surface area contributed by atoms with Gasteiger partial charge in [0.25, 0.3) is 0 Å². The van der Waals surface area contributed by atoms with Crippen molar-refractivity contribution in [1.29, 1.82) is 0 Å². The van der Waals surface area contributed by atoms with Crippen LogP contribution in [0.5, 0.6) is 0 Å². The minimum absolute atomic E-state index is 0.00377. The average molecular weight is 605 g/mol. The molecule has 1 aliphatic heterocycles. The molecule has 42 heavy (non-hydrogen) atoms. The average Bonchev–Trinajstić information content (AvgIpc) is 2.95. The molecule has 1 saturated heterocycles. The predicted molar refractivity (Wildman–Crippen MR) is 161 cm³/mol. The second kappa shape index (κ2) is 18.2. The molecule has 0 spiro atoms. The number of halogens is 1. The first-order valence-electron chi connectivity index (χ1n) is 15.0. The Morgan fingerprint density at radius 1 is 1.07 bits per heavy atom. The van der Waals surface area contributed by atoms with E-state index >= 15 is 0 Å². The molecule has 1 amide bonds. The summed E-state index contributed by atoms with van der Waals surface area (Å²) in [6, 6.07) is 5.52. The molecule has 1 aliphatic carbocycles. The summed E-state index contributed by atoms with van der Waals surface area (Å²) in [5, 5.41) is 5.82. The van der Waals surface area contributed by atoms with Crippen LogP contribution >= 0.6 is 11.8 Å². The summed E-state index contributed by atoms with van der Waals surface area (Å²) in [5.74, 6) is -1.90. The van der Waals surface area contributed by atoms with Gasteiger partial charge >= 0.3 is 0 Å². The van der Waals surface area contributed by atoms with Crippen LogP contribution in [0, 0.1) is 23.6 Å². The highest BCUT2D eigenvalue weighted by atomic mass is 32.2. The van der Waals surface area contributed by atoms with Gasteiger partial charge in [0, 0.05) is 36.8 Å². The highest BCUT2D eigenvalue weighted by Crippen LogP contribution is 2.30. The van der Waals surface area contributed by atoms with Crippen molar-refractivity contribution < 1.29 is 33.0 Å². The Hall–Kier alpha value is -2.56. The van der Waals surface area contributed by atoms with Crippen LogP contribution in [-0.2, 0) is 35.1 Å². The fourth-order valence-corrected chi connectivity index (χ4v) is 6.61. The first-order chi connectivity index (χ1) is 20.2. The Bertz CT molecular complexity index is 1080. The number of hydrogen-bond donors (Lipinski definition) is 2. The van der Waals surface area contributed by atoms with E-state index in [0.29, 0.717) is 36.8 Å². The van der Waals surface area contributed by atoms with E-state index in [4.69, 9.17) is 9.47 Å². The third-order valence-electron chi connectivity index (χ3n) is 7.74. The summed E-state index contributed by atoms with van der Waals surface area (Å²) in [5.41, 5.74) is 1.21.